The highest BCUT2D eigenvalue weighted by Crippen LogP contribution is 2.08. The lowest BCUT2D eigenvalue weighted by atomic mass is 10.2. The van der Waals surface area contributed by atoms with E-state index in [1.807, 2.05) is 33.8 Å². The molecule has 0 saturated carbocycles. The molecule has 0 fully saturated rings. The van der Waals surface area contributed by atoms with Crippen LogP contribution in [0.1, 0.15) is 38.6 Å². The van der Waals surface area contributed by atoms with E-state index in [1.165, 1.54) is 4.57 Å². The molecule has 100 valence electrons. The van der Waals surface area contributed by atoms with Gasteiger partial charge in [-0.2, -0.15) is 4.98 Å². The van der Waals surface area contributed by atoms with Crippen LogP contribution in [0.15, 0.2) is 10.9 Å². The van der Waals surface area contributed by atoms with E-state index in [1.54, 1.807) is 6.92 Å². The molecule has 5 nitrogen and oxygen atoms in total. The van der Waals surface area contributed by atoms with Crippen LogP contribution in [0, 0.1) is 13.8 Å². The monoisotopic (exact) mass is 252 g/mol. The molecule has 1 heterocycles. The maximum atomic E-state index is 11.7. The van der Waals surface area contributed by atoms with E-state index in [9.17, 15) is 9.59 Å². The Labute approximate surface area is 107 Å². The van der Waals surface area contributed by atoms with E-state index in [-0.39, 0.29) is 18.1 Å². The second kappa shape index (κ2) is 5.33. The number of hydrogen-bond acceptors (Lipinski definition) is 4. The van der Waals surface area contributed by atoms with Gasteiger partial charge in [0.25, 0.3) is 0 Å². The first kappa shape index (κ1) is 14.4. The number of rotatable bonds is 3. The quantitative estimate of drug-likeness (QED) is 0.766. The van der Waals surface area contributed by atoms with Crippen LogP contribution in [0.5, 0.6) is 0 Å². The molecule has 0 unspecified atom stereocenters. The maximum absolute atomic E-state index is 11.7. The van der Waals surface area contributed by atoms with Crippen molar-refractivity contribution in [1.29, 1.82) is 0 Å². The van der Waals surface area contributed by atoms with E-state index in [0.717, 1.165) is 5.69 Å². The summed E-state index contributed by atoms with van der Waals surface area (Å²) < 4.78 is 6.67. The molecule has 0 aliphatic heterocycles. The molecule has 0 atom stereocenters. The van der Waals surface area contributed by atoms with Crippen LogP contribution in [-0.2, 0) is 16.1 Å². The predicted molar refractivity (Wildman–Crippen MR) is 68.4 cm³/mol. The fourth-order valence-corrected chi connectivity index (χ4v) is 1.64. The van der Waals surface area contributed by atoms with Crippen molar-refractivity contribution in [1.82, 2.24) is 9.55 Å². The van der Waals surface area contributed by atoms with Gasteiger partial charge in [-0.25, -0.2) is 4.79 Å². The average molecular weight is 252 g/mol. The molecule has 0 N–H and O–H groups in total. The Morgan fingerprint density at radius 3 is 2.50 bits per heavy atom. The second-order valence-electron chi connectivity index (χ2n) is 5.31. The first-order valence-electron chi connectivity index (χ1n) is 5.96. The Bertz CT molecular complexity index is 498. The Kier molecular flexibility index (Phi) is 4.27. The van der Waals surface area contributed by atoms with Gasteiger partial charge in [0.2, 0.25) is 0 Å². The standard InChI is InChI=1S/C13H20N2O3/c1-9-8-10(2)15(12(17)14-9)7-6-11(16)18-13(3,4)5/h8H,6-7H2,1-5H3. The zero-order valence-corrected chi connectivity index (χ0v) is 11.6. The number of carbonyl (C=O) groups is 1. The van der Waals surface area contributed by atoms with E-state index >= 15 is 0 Å². The number of aromatic nitrogens is 2. The minimum absolute atomic E-state index is 0.169. The van der Waals surface area contributed by atoms with Gasteiger partial charge in [0.05, 0.1) is 6.42 Å². The SMILES string of the molecule is Cc1cc(C)n(CCC(=O)OC(C)(C)C)c(=O)n1. The zero-order valence-electron chi connectivity index (χ0n) is 11.6. The molecule has 0 aromatic carbocycles. The highest BCUT2D eigenvalue weighted by Gasteiger charge is 2.16. The van der Waals surface area contributed by atoms with E-state index < -0.39 is 5.60 Å². The van der Waals surface area contributed by atoms with Gasteiger partial charge in [-0.05, 0) is 40.7 Å². The highest BCUT2D eigenvalue weighted by atomic mass is 16.6. The fourth-order valence-electron chi connectivity index (χ4n) is 1.64. The third-order valence-corrected chi connectivity index (χ3v) is 2.31. The van der Waals surface area contributed by atoms with Crippen LogP contribution in [0.2, 0.25) is 0 Å². The minimum atomic E-state index is -0.497. The van der Waals surface area contributed by atoms with Gasteiger partial charge in [-0.3, -0.25) is 9.36 Å². The van der Waals surface area contributed by atoms with Crippen molar-refractivity contribution in [2.45, 2.75) is 53.2 Å². The lowest BCUT2D eigenvalue weighted by molar-refractivity contribution is -0.155. The third kappa shape index (κ3) is 4.31. The Morgan fingerprint density at radius 2 is 2.00 bits per heavy atom. The second-order valence-corrected chi connectivity index (χ2v) is 5.31. The molecule has 0 saturated heterocycles. The van der Waals surface area contributed by atoms with Crippen LogP contribution in [0.4, 0.5) is 0 Å². The molecule has 1 aromatic rings. The Hall–Kier alpha value is -1.65. The summed E-state index contributed by atoms with van der Waals surface area (Å²) in [6.07, 6.45) is 0.169. The normalized spacial score (nSPS) is 11.4. The van der Waals surface area contributed by atoms with Crippen molar-refractivity contribution in [3.8, 4) is 0 Å². The number of esters is 1. The number of carbonyl (C=O) groups excluding carboxylic acids is 1. The summed E-state index contributed by atoms with van der Waals surface area (Å²) >= 11 is 0. The summed E-state index contributed by atoms with van der Waals surface area (Å²) in [4.78, 5) is 27.1. The molecule has 0 radical (unpaired) electrons. The topological polar surface area (TPSA) is 61.2 Å². The lowest BCUT2D eigenvalue weighted by Gasteiger charge is -2.19. The summed E-state index contributed by atoms with van der Waals surface area (Å²) in [5.74, 6) is -0.311. The molecular weight excluding hydrogens is 232 g/mol. The molecule has 18 heavy (non-hydrogen) atoms. The average Bonchev–Trinajstić information content (AvgIpc) is 2.12. The Morgan fingerprint density at radius 1 is 1.39 bits per heavy atom. The zero-order chi connectivity index (χ0) is 13.9. The highest BCUT2D eigenvalue weighted by molar-refractivity contribution is 5.69. The van der Waals surface area contributed by atoms with E-state index in [2.05, 4.69) is 4.98 Å². The van der Waals surface area contributed by atoms with Crippen LogP contribution in [0.3, 0.4) is 0 Å². The first-order valence-corrected chi connectivity index (χ1v) is 5.96. The van der Waals surface area contributed by atoms with Crippen molar-refractivity contribution in [3.63, 3.8) is 0 Å². The van der Waals surface area contributed by atoms with Gasteiger partial charge in [-0.15, -0.1) is 0 Å². The maximum Gasteiger partial charge on any atom is 0.347 e. The van der Waals surface area contributed by atoms with Crippen LogP contribution in [0.25, 0.3) is 0 Å². The predicted octanol–water partition coefficient (Wildman–Crippen LogP) is 1.59. The summed E-state index contributed by atoms with van der Waals surface area (Å²) in [5, 5.41) is 0. The molecule has 5 heteroatoms. The van der Waals surface area contributed by atoms with Gasteiger partial charge in [0.15, 0.2) is 0 Å². The van der Waals surface area contributed by atoms with Crippen molar-refractivity contribution in [2.75, 3.05) is 0 Å². The molecule has 1 rings (SSSR count). The number of hydrogen-bond donors (Lipinski definition) is 0. The lowest BCUT2D eigenvalue weighted by Crippen LogP contribution is -2.29. The van der Waals surface area contributed by atoms with Gasteiger partial charge in [0, 0.05) is 17.9 Å². The van der Waals surface area contributed by atoms with Crippen molar-refractivity contribution >= 4 is 5.97 Å². The number of aryl methyl sites for hydroxylation is 2. The number of ether oxygens (including phenoxy) is 1. The largest absolute Gasteiger partial charge is 0.460 e. The number of nitrogens with zero attached hydrogens (tertiary/aromatic N) is 2. The van der Waals surface area contributed by atoms with Crippen LogP contribution in [-0.4, -0.2) is 21.1 Å². The molecular formula is C13H20N2O3. The van der Waals surface area contributed by atoms with Gasteiger partial charge in [0.1, 0.15) is 5.60 Å². The van der Waals surface area contributed by atoms with Crippen molar-refractivity contribution < 1.29 is 9.53 Å². The third-order valence-electron chi connectivity index (χ3n) is 2.31. The molecule has 0 amide bonds. The van der Waals surface area contributed by atoms with Crippen molar-refractivity contribution in [3.05, 3.63) is 27.9 Å². The smallest absolute Gasteiger partial charge is 0.347 e. The van der Waals surface area contributed by atoms with E-state index in [4.69, 9.17) is 4.74 Å². The van der Waals surface area contributed by atoms with E-state index in [0.29, 0.717) is 12.2 Å². The summed E-state index contributed by atoms with van der Waals surface area (Å²) in [6.45, 7) is 9.34. The minimum Gasteiger partial charge on any atom is -0.460 e. The molecule has 1 aromatic heterocycles. The summed E-state index contributed by atoms with van der Waals surface area (Å²) in [6, 6.07) is 1.82. The first-order chi connectivity index (χ1) is 8.19. The molecule has 0 aliphatic rings. The van der Waals surface area contributed by atoms with Crippen LogP contribution < -0.4 is 5.69 Å². The van der Waals surface area contributed by atoms with Crippen LogP contribution >= 0.6 is 0 Å². The molecule has 0 bridgehead atoms. The Balaban J connectivity index is 2.70. The van der Waals surface area contributed by atoms with Gasteiger partial charge >= 0.3 is 11.7 Å². The fraction of sp³-hybridized carbons (Fsp3) is 0.615. The molecule has 0 spiro atoms. The van der Waals surface area contributed by atoms with Crippen molar-refractivity contribution in [2.24, 2.45) is 0 Å². The van der Waals surface area contributed by atoms with Gasteiger partial charge < -0.3 is 4.74 Å². The van der Waals surface area contributed by atoms with Gasteiger partial charge in [-0.1, -0.05) is 0 Å². The molecule has 0 aliphatic carbocycles. The summed E-state index contributed by atoms with van der Waals surface area (Å²) in [5.41, 5.74) is 0.668. The summed E-state index contributed by atoms with van der Waals surface area (Å²) in [7, 11) is 0.